The number of anilines is 1. The van der Waals surface area contributed by atoms with Gasteiger partial charge in [-0.2, -0.15) is 0 Å². The van der Waals surface area contributed by atoms with Crippen molar-refractivity contribution in [2.24, 2.45) is 11.8 Å². The minimum Gasteiger partial charge on any atom is -0.455 e. The van der Waals surface area contributed by atoms with Gasteiger partial charge in [-0.15, -0.1) is 13.2 Å². The Kier molecular flexibility index (Phi) is 11.3. The number of aliphatic hydroxyl groups excluding tert-OH is 1. The number of esters is 1. The normalized spacial score (nSPS) is 24.8. The van der Waals surface area contributed by atoms with Crippen LogP contribution in [0.5, 0.6) is 0 Å². The lowest BCUT2D eigenvalue weighted by Crippen LogP contribution is -2.57. The monoisotopic (exact) mass is 725 g/mol. The lowest BCUT2D eigenvalue weighted by molar-refractivity contribution is -0.162. The number of fused-ring (bicyclic) bond motifs is 1. The molecule has 3 aliphatic rings. The number of aliphatic hydroxyl groups is 1. The van der Waals surface area contributed by atoms with Crippen molar-refractivity contribution < 1.29 is 33.8 Å². The molecule has 3 aromatic carbocycles. The number of hydrogen-bond acceptors (Lipinski definition) is 7. The van der Waals surface area contributed by atoms with Gasteiger partial charge in [0.05, 0.1) is 47.3 Å². The van der Waals surface area contributed by atoms with Crippen LogP contribution in [-0.4, -0.2) is 70.6 Å². The summed E-state index contributed by atoms with van der Waals surface area (Å²) in [6.45, 7) is 8.92. The zero-order valence-electron chi connectivity index (χ0n) is 29.1. The van der Waals surface area contributed by atoms with E-state index in [2.05, 4.69) is 18.5 Å². The second kappa shape index (κ2) is 15.9. The number of carbonyl (C=O) groups excluding carboxylic acids is 4. The molecule has 3 saturated heterocycles. The molecule has 11 heteroatoms. The molecule has 0 aromatic heterocycles. The minimum absolute atomic E-state index is 0.0844. The van der Waals surface area contributed by atoms with Crippen LogP contribution in [0.4, 0.5) is 5.69 Å². The number of nitrogens with one attached hydrogen (secondary N) is 1. The maximum absolute atomic E-state index is 15.0. The smallest absolute Gasteiger partial charge is 0.313 e. The van der Waals surface area contributed by atoms with Crippen molar-refractivity contribution in [2.45, 2.75) is 68.5 Å². The van der Waals surface area contributed by atoms with E-state index in [-0.39, 0.29) is 18.9 Å². The van der Waals surface area contributed by atoms with Gasteiger partial charge in [-0.1, -0.05) is 96.5 Å². The molecule has 52 heavy (non-hydrogen) atoms. The summed E-state index contributed by atoms with van der Waals surface area (Å²) >= 11 is 6.62. The Morgan fingerprint density at radius 3 is 2.33 bits per heavy atom. The van der Waals surface area contributed by atoms with Crippen LogP contribution in [0.3, 0.4) is 0 Å². The number of likely N-dealkylation sites (tertiary alicyclic amines) is 1. The molecule has 3 aliphatic heterocycles. The van der Waals surface area contributed by atoms with Crippen LogP contribution in [-0.2, 0) is 28.7 Å². The number of rotatable bonds is 15. The van der Waals surface area contributed by atoms with Crippen molar-refractivity contribution in [2.75, 3.05) is 18.1 Å². The van der Waals surface area contributed by atoms with Crippen LogP contribution in [0.2, 0.25) is 5.02 Å². The summed E-state index contributed by atoms with van der Waals surface area (Å²) < 4.78 is 13.0. The van der Waals surface area contributed by atoms with Crippen LogP contribution in [0.1, 0.15) is 55.9 Å². The van der Waals surface area contributed by atoms with Crippen molar-refractivity contribution in [3.8, 4) is 0 Å². The summed E-state index contributed by atoms with van der Waals surface area (Å²) in [5.74, 6) is -3.94. The minimum atomic E-state index is -1.39. The fourth-order valence-corrected chi connectivity index (χ4v) is 8.44. The highest BCUT2D eigenvalue weighted by atomic mass is 35.5. The number of allylic oxidation sites excluding steroid dienone is 1. The molecule has 8 atom stereocenters. The fraction of sp³-hybridized carbons (Fsp3) is 0.366. The van der Waals surface area contributed by atoms with Crippen molar-refractivity contribution in [3.63, 3.8) is 0 Å². The molecule has 3 heterocycles. The van der Waals surface area contributed by atoms with Crippen molar-refractivity contribution in [3.05, 3.63) is 126 Å². The number of carbonyl (C=O) groups is 4. The van der Waals surface area contributed by atoms with E-state index in [4.69, 9.17) is 21.1 Å². The van der Waals surface area contributed by atoms with Crippen LogP contribution >= 0.6 is 11.6 Å². The second-order valence-corrected chi connectivity index (χ2v) is 14.0. The number of halogens is 1. The number of benzene rings is 3. The molecular formula is C41H44ClN3O7. The lowest BCUT2D eigenvalue weighted by Gasteiger charge is -2.39. The predicted octanol–water partition coefficient (Wildman–Crippen LogP) is 5.72. The average molecular weight is 726 g/mol. The Morgan fingerprint density at radius 1 is 1.04 bits per heavy atom. The highest BCUT2D eigenvalue weighted by Crippen LogP contribution is 2.60. The van der Waals surface area contributed by atoms with E-state index in [1.165, 1.54) is 9.80 Å². The van der Waals surface area contributed by atoms with Crippen molar-refractivity contribution in [1.82, 2.24) is 10.2 Å². The maximum atomic E-state index is 15.0. The molecule has 6 rings (SSSR count). The van der Waals surface area contributed by atoms with Gasteiger partial charge in [-0.25, -0.2) is 0 Å². The predicted molar refractivity (Wildman–Crippen MR) is 197 cm³/mol. The Hall–Kier alpha value is -4.77. The number of hydrogen-bond donors (Lipinski definition) is 2. The van der Waals surface area contributed by atoms with E-state index in [0.717, 1.165) is 0 Å². The van der Waals surface area contributed by atoms with E-state index in [1.807, 2.05) is 36.4 Å². The molecule has 0 saturated carbocycles. The highest BCUT2D eigenvalue weighted by molar-refractivity contribution is 6.34. The lowest BCUT2D eigenvalue weighted by atomic mass is 9.70. The third-order valence-electron chi connectivity index (χ3n) is 10.4. The fourth-order valence-electron chi connectivity index (χ4n) is 8.20. The van der Waals surface area contributed by atoms with Crippen LogP contribution in [0.25, 0.3) is 0 Å². The summed E-state index contributed by atoms with van der Waals surface area (Å²) in [4.78, 5) is 60.1. The van der Waals surface area contributed by atoms with Gasteiger partial charge in [0.2, 0.25) is 11.8 Å². The first-order valence-electron chi connectivity index (χ1n) is 17.6. The Balaban J connectivity index is 1.39. The van der Waals surface area contributed by atoms with Gasteiger partial charge in [0.15, 0.2) is 0 Å². The van der Waals surface area contributed by atoms with Crippen molar-refractivity contribution in [1.29, 1.82) is 0 Å². The van der Waals surface area contributed by atoms with E-state index < -0.39 is 72.2 Å². The molecule has 0 aliphatic carbocycles. The van der Waals surface area contributed by atoms with Crippen LogP contribution in [0.15, 0.2) is 110 Å². The highest BCUT2D eigenvalue weighted by Gasteiger charge is 2.76. The molecule has 3 fully saturated rings. The molecule has 0 radical (unpaired) electrons. The number of ether oxygens (including phenoxy) is 2. The Labute approximate surface area is 309 Å². The molecule has 2 bridgehead atoms. The molecule has 272 valence electrons. The van der Waals surface area contributed by atoms with Gasteiger partial charge < -0.3 is 29.7 Å². The van der Waals surface area contributed by atoms with Gasteiger partial charge >= 0.3 is 5.97 Å². The third-order valence-corrected chi connectivity index (χ3v) is 10.8. The molecule has 0 unspecified atom stereocenters. The summed E-state index contributed by atoms with van der Waals surface area (Å²) in [5, 5.41) is 14.1. The topological polar surface area (TPSA) is 125 Å². The summed E-state index contributed by atoms with van der Waals surface area (Å²) in [6.07, 6.45) is 3.14. The zero-order chi connectivity index (χ0) is 37.0. The molecule has 10 nitrogen and oxygen atoms in total. The largest absolute Gasteiger partial charge is 0.455 e. The second-order valence-electron chi connectivity index (χ2n) is 13.6. The van der Waals surface area contributed by atoms with E-state index in [9.17, 15) is 19.5 Å². The number of nitrogens with zero attached hydrogens (tertiary/aromatic N) is 2. The summed E-state index contributed by atoms with van der Waals surface area (Å²) in [7, 11) is 0. The van der Waals surface area contributed by atoms with Gasteiger partial charge in [0.25, 0.3) is 5.91 Å². The van der Waals surface area contributed by atoms with E-state index >= 15 is 4.79 Å². The maximum Gasteiger partial charge on any atom is 0.313 e. The Morgan fingerprint density at radius 2 is 1.69 bits per heavy atom. The number of amides is 3. The van der Waals surface area contributed by atoms with Gasteiger partial charge in [-0.05, 0) is 49.4 Å². The molecule has 1 spiro atoms. The van der Waals surface area contributed by atoms with Gasteiger partial charge in [0.1, 0.15) is 17.7 Å². The first-order chi connectivity index (χ1) is 25.2. The summed E-state index contributed by atoms with van der Waals surface area (Å²) in [5.41, 5.74) is 0.333. The van der Waals surface area contributed by atoms with E-state index in [0.29, 0.717) is 41.1 Å². The summed E-state index contributed by atoms with van der Waals surface area (Å²) in [6, 6.07) is 22.3. The molecular weight excluding hydrogens is 682 g/mol. The van der Waals surface area contributed by atoms with Crippen LogP contribution in [0, 0.1) is 11.8 Å². The SMILES string of the molecule is C=CCCC(=O)N[C@H](C)[C@@H](OC(=O)[C@@H]1[C@@H]2CC[C@]3(O2)[C@H](C(=O)N(CC=C)c2ccccc2Cl)N([C@H](CO)c2ccccc2)C(=O)[C@@H]13)c1ccccc1. The molecule has 3 amide bonds. The van der Waals surface area contributed by atoms with Crippen LogP contribution < -0.4 is 10.2 Å². The standard InChI is InChI=1S/C41H44ClN3O7/c1-4-6-21-33(47)43-26(3)36(28-17-11-8-12-18-28)51-40(50)34-32-22-23-41(52-32)35(34)38(48)45(31(25-46)27-15-9-7-10-16-27)37(41)39(49)44(24-5-2)30-20-14-13-19-29(30)42/h4-5,7-20,26,31-32,34-37,46H,1-2,6,21-25H2,3H3,(H,43,47)/t26-,31-,32+,34-,35-,36-,37+,41-/m1/s1. The molecule has 2 N–H and O–H groups in total. The van der Waals surface area contributed by atoms with Gasteiger partial charge in [0, 0.05) is 13.0 Å². The van der Waals surface area contributed by atoms with Gasteiger partial charge in [-0.3, -0.25) is 19.2 Å². The molecule has 3 aromatic rings. The first-order valence-corrected chi connectivity index (χ1v) is 18.0. The average Bonchev–Trinajstić information content (AvgIpc) is 3.80. The first kappa shape index (κ1) is 37.0. The zero-order valence-corrected chi connectivity index (χ0v) is 29.9. The third kappa shape index (κ3) is 6.78. The Bertz CT molecular complexity index is 1810. The van der Waals surface area contributed by atoms with Crippen molar-refractivity contribution >= 4 is 41.0 Å². The van der Waals surface area contributed by atoms with E-state index in [1.54, 1.807) is 67.6 Å². The quantitative estimate of drug-likeness (QED) is 0.152. The number of para-hydroxylation sites is 1.